The molecule has 4 rings (SSSR count). The molecular weight excluding hydrogens is 1530 g/mol. The molecule has 610 valence electrons. The summed E-state index contributed by atoms with van der Waals surface area (Å²) in [5.74, 6) is -16.6. The van der Waals surface area contributed by atoms with Crippen LogP contribution in [0.25, 0.3) is 0 Å². The van der Waals surface area contributed by atoms with Gasteiger partial charge in [0.25, 0.3) is 0 Å². The Morgan fingerprint density at radius 1 is 0.670 bits per heavy atom. The van der Waals surface area contributed by atoms with Crippen LogP contribution in [0.3, 0.4) is 0 Å². The van der Waals surface area contributed by atoms with Gasteiger partial charge in [0.15, 0.2) is 0 Å². The first kappa shape index (κ1) is 93.2. The molecule has 109 heavy (non-hydrogen) atoms. The summed E-state index contributed by atoms with van der Waals surface area (Å²) in [6.07, 6.45) is 5.26. The molecule has 1 aromatic rings. The van der Waals surface area contributed by atoms with E-state index in [9.17, 15) is 96.8 Å². The maximum Gasteiger partial charge on any atom is 0.248 e. The minimum Gasteiger partial charge on any atom is -0.394 e. The van der Waals surface area contributed by atoms with Crippen molar-refractivity contribution in [1.29, 1.82) is 0 Å². The molecule has 3 aliphatic rings. The number of aliphatic hydroxyl groups is 3. The molecule has 3 saturated heterocycles. The van der Waals surface area contributed by atoms with Crippen molar-refractivity contribution in [1.82, 2.24) is 94.2 Å². The number of imidazole rings is 1. The zero-order chi connectivity index (χ0) is 81.2. The second kappa shape index (κ2) is 47.8. The molecular formula is C64H104N20O20S5. The molecule has 40 nitrogen and oxygen atoms in total. The maximum absolute atomic E-state index is 14.6. The molecule has 0 saturated carbocycles. The van der Waals surface area contributed by atoms with Crippen molar-refractivity contribution in [3.63, 3.8) is 0 Å². The Balaban J connectivity index is 1.59. The number of thioether (sulfide) groups is 3. The fraction of sp³-hybridized carbons (Fsp3) is 0.688. The maximum atomic E-state index is 14.6. The minimum absolute atomic E-state index is 0.00132. The lowest BCUT2D eigenvalue weighted by molar-refractivity contribution is -0.143. The number of hydrogen-bond donors (Lipinski definition) is 20. The normalized spacial score (nSPS) is 22.5. The van der Waals surface area contributed by atoms with Crippen LogP contribution < -0.4 is 85.9 Å². The van der Waals surface area contributed by atoms with Crippen molar-refractivity contribution < 1.29 is 96.8 Å². The smallest absolute Gasteiger partial charge is 0.248 e. The van der Waals surface area contributed by atoms with E-state index in [0.717, 1.165) is 50.0 Å². The number of likely N-dealkylation sites (tertiary alicyclic amines) is 1. The van der Waals surface area contributed by atoms with E-state index < -0.39 is 223 Å². The number of nitrogens with two attached hydrogens (primary N) is 2. The van der Waals surface area contributed by atoms with Gasteiger partial charge < -0.3 is 116 Å². The van der Waals surface area contributed by atoms with Crippen molar-refractivity contribution >= 4 is 157 Å². The van der Waals surface area contributed by atoms with Gasteiger partial charge in [-0.05, 0) is 62.9 Å². The topological polar surface area (TPSA) is 606 Å². The molecule has 0 bridgehead atoms. The van der Waals surface area contributed by atoms with Crippen LogP contribution in [0.1, 0.15) is 92.7 Å². The number of carbonyl (C=O) groups is 17. The van der Waals surface area contributed by atoms with Crippen LogP contribution in [0.5, 0.6) is 0 Å². The highest BCUT2D eigenvalue weighted by Crippen LogP contribution is 2.26. The van der Waals surface area contributed by atoms with Crippen LogP contribution in [-0.4, -0.2) is 306 Å². The first-order valence-electron chi connectivity index (χ1n) is 35.2. The highest BCUT2D eigenvalue weighted by molar-refractivity contribution is 8.76. The predicted octanol–water partition coefficient (Wildman–Crippen LogP) is -8.30. The largest absolute Gasteiger partial charge is 0.394 e. The zero-order valence-corrected chi connectivity index (χ0v) is 65.9. The molecule has 17 amide bonds. The lowest BCUT2D eigenvalue weighted by atomic mass is 9.97. The van der Waals surface area contributed by atoms with Gasteiger partial charge in [0.05, 0.1) is 44.4 Å². The minimum atomic E-state index is -1.87. The molecule has 0 radical (unpaired) electrons. The quantitative estimate of drug-likeness (QED) is 0.0170. The van der Waals surface area contributed by atoms with E-state index in [-0.39, 0.29) is 85.9 Å². The summed E-state index contributed by atoms with van der Waals surface area (Å²) in [7, 11) is 1.70. The van der Waals surface area contributed by atoms with E-state index in [1.165, 1.54) is 50.0 Å². The van der Waals surface area contributed by atoms with Gasteiger partial charge in [0.1, 0.15) is 84.6 Å². The van der Waals surface area contributed by atoms with Crippen LogP contribution >= 0.6 is 56.9 Å². The van der Waals surface area contributed by atoms with Crippen LogP contribution in [-0.2, 0) is 87.9 Å². The number of nitrogens with zero attached hydrogens (tertiary/aromatic N) is 3. The number of carbonyl (C=O) groups excluding carboxylic acids is 17. The van der Waals surface area contributed by atoms with Crippen LogP contribution in [0, 0.1) is 11.8 Å². The number of primary amides is 1. The van der Waals surface area contributed by atoms with E-state index in [1.807, 2.05) is 0 Å². The third-order valence-corrected chi connectivity index (χ3v) is 22.4. The standard InChI is InChI=1S/C64H104N20O20S5/c1-9-32(4)50(62(102)78-42(51(66)91)24-106-29-69-34(6)88)82-60(100)47-13-11-16-84(47)64(104)41(23-87)77-53(93)37(14-17-105-8)73-52(92)33(5)71-54(94)39(21-85)75-58(98)45-27-109-108-26-44(72-48(90)19-65)57(97)79-43(25-107-30-70-35(7)89)56(96)76-40(22-86)55(95)74-38(18-36-20-67-28-68-36)63(103)83-15-10-12-46(83)59(99)81-49(31(2)3)61(101)80-45/h20,28,31-33,37-47,49-50,85-87H,9-19,21-27,29-30,65H2,1-8H3,(H2,66,91)(H,67,68)(H,69,88)(H,70,89)(H,71,94)(H,72,90)(H,73,92)(H,74,95)(H,75,98)(H,76,96)(H,77,93)(H,78,102)(H,79,97)(H,80,101)(H,81,99)(H,82,100)/t32-,33-,37-,38-,39-,40-,41-,42-,43-,44-,45-,46-,47-,49-,50-/m0/s1. The molecule has 0 spiro atoms. The van der Waals surface area contributed by atoms with Gasteiger partial charge in [0, 0.05) is 68.3 Å². The third kappa shape index (κ3) is 30.2. The zero-order valence-electron chi connectivity index (χ0n) is 61.9. The van der Waals surface area contributed by atoms with Gasteiger partial charge in [-0.25, -0.2) is 4.98 Å². The first-order valence-corrected chi connectivity index (χ1v) is 41.3. The number of H-pyrrole nitrogens is 1. The third-order valence-electron chi connectivity index (χ3n) is 17.5. The molecule has 0 unspecified atom stereocenters. The number of rotatable bonds is 35. The number of amides is 17. The molecule has 0 aliphatic carbocycles. The SMILES string of the molecule is CC[C@H](C)[C@H](NC(=O)[C@@H]1CCCN1C(=O)[C@H](CO)NC(=O)[C@H](CCSC)NC(=O)[C@H](C)NC(=O)[C@H](CO)NC(=O)[C@@H]1CSSC[C@H](NC(=O)CN)C(=O)N[C@@H](CSCNC(C)=O)C(=O)N[C@@H](CO)C(=O)N[C@@H](Cc2cnc[nH]2)C(=O)N2CCC[C@H]2C(=O)N[C@@H](C(C)C)C(=O)N1)C(=O)N[C@@H](CSCNC(C)=O)C(N)=O. The predicted molar refractivity (Wildman–Crippen MR) is 405 cm³/mol. The van der Waals surface area contributed by atoms with Crippen molar-refractivity contribution in [2.75, 3.05) is 86.2 Å². The molecule has 4 heterocycles. The van der Waals surface area contributed by atoms with E-state index in [4.69, 9.17) is 11.5 Å². The Hall–Kier alpha value is -8.21. The van der Waals surface area contributed by atoms with Crippen LogP contribution in [0.2, 0.25) is 0 Å². The summed E-state index contributed by atoms with van der Waals surface area (Å²) in [6.45, 7) is 6.61. The molecule has 45 heteroatoms. The van der Waals surface area contributed by atoms with Gasteiger partial charge in [-0.1, -0.05) is 55.7 Å². The van der Waals surface area contributed by atoms with Gasteiger partial charge in [0.2, 0.25) is 100 Å². The van der Waals surface area contributed by atoms with Gasteiger partial charge in [-0.3, -0.25) is 81.5 Å². The van der Waals surface area contributed by atoms with Crippen molar-refractivity contribution in [3.8, 4) is 0 Å². The number of aromatic nitrogens is 2. The molecule has 0 aromatic carbocycles. The van der Waals surface area contributed by atoms with E-state index in [2.05, 4.69) is 84.4 Å². The Morgan fingerprint density at radius 2 is 1.28 bits per heavy atom. The Labute approximate surface area is 650 Å². The summed E-state index contributed by atoms with van der Waals surface area (Å²) in [5.41, 5.74) is 11.5. The fourth-order valence-corrected chi connectivity index (χ4v) is 15.7. The summed E-state index contributed by atoms with van der Waals surface area (Å²) in [5, 5.41) is 66.9. The Morgan fingerprint density at radius 3 is 1.89 bits per heavy atom. The Bertz CT molecular complexity index is 3330. The van der Waals surface area contributed by atoms with E-state index >= 15 is 0 Å². The number of nitrogens with one attached hydrogen (secondary N) is 15. The lowest BCUT2D eigenvalue weighted by Gasteiger charge is -2.31. The van der Waals surface area contributed by atoms with Crippen molar-refractivity contribution in [3.05, 3.63) is 18.2 Å². The average molecular weight is 1630 g/mol. The van der Waals surface area contributed by atoms with Gasteiger partial charge >= 0.3 is 0 Å². The summed E-state index contributed by atoms with van der Waals surface area (Å²) >= 11 is 3.36. The first-order chi connectivity index (χ1) is 51.7. The molecule has 15 atom stereocenters. The molecule has 22 N–H and O–H groups in total. The summed E-state index contributed by atoms with van der Waals surface area (Å²) in [6, 6.07) is -20.7. The average Bonchev–Trinajstić information content (AvgIpc) is 1.73. The van der Waals surface area contributed by atoms with Gasteiger partial charge in [-0.2, -0.15) is 11.8 Å². The van der Waals surface area contributed by atoms with Crippen molar-refractivity contribution in [2.45, 2.75) is 178 Å². The second-order valence-electron chi connectivity index (χ2n) is 26.1. The number of fused-ring (bicyclic) bond motifs is 1. The monoisotopic (exact) mass is 1630 g/mol. The lowest BCUT2D eigenvalue weighted by Crippen LogP contribution is -2.62. The van der Waals surface area contributed by atoms with E-state index in [0.29, 0.717) is 18.5 Å². The van der Waals surface area contributed by atoms with Crippen molar-refractivity contribution in [2.24, 2.45) is 23.3 Å². The highest BCUT2D eigenvalue weighted by atomic mass is 33.1. The molecule has 1 aromatic heterocycles. The summed E-state index contributed by atoms with van der Waals surface area (Å²) < 4.78 is 0. The Kier molecular flexibility index (Phi) is 40.8. The molecule has 3 aliphatic heterocycles. The second-order valence-corrected chi connectivity index (χ2v) is 31.7. The molecule has 3 fully saturated rings. The highest BCUT2D eigenvalue weighted by Gasteiger charge is 2.44. The number of aromatic amines is 1. The number of aliphatic hydroxyl groups excluding tert-OH is 3. The number of hydrogen-bond acceptors (Lipinski definition) is 27. The fourth-order valence-electron chi connectivity index (χ4n) is 11.1. The van der Waals surface area contributed by atoms with E-state index in [1.54, 1.807) is 34.0 Å². The van der Waals surface area contributed by atoms with Crippen LogP contribution in [0.15, 0.2) is 12.5 Å². The van der Waals surface area contributed by atoms with Gasteiger partial charge in [-0.15, -0.1) is 23.5 Å². The van der Waals surface area contributed by atoms with Crippen LogP contribution in [0.4, 0.5) is 0 Å². The summed E-state index contributed by atoms with van der Waals surface area (Å²) in [4.78, 5) is 242.